The Kier molecular flexibility index (Phi) is 9.55. The molecule has 0 saturated heterocycles. The van der Waals surface area contributed by atoms with E-state index in [1.54, 1.807) is 42.5 Å². The summed E-state index contributed by atoms with van der Waals surface area (Å²) in [6.07, 6.45) is 2.11. The Bertz CT molecular complexity index is 1160. The Morgan fingerprint density at radius 2 is 1.49 bits per heavy atom. The van der Waals surface area contributed by atoms with Crippen LogP contribution in [0.1, 0.15) is 25.8 Å². The van der Waals surface area contributed by atoms with Gasteiger partial charge in [-0.25, -0.2) is 8.42 Å². The first-order valence-corrected chi connectivity index (χ1v) is 13.2. The van der Waals surface area contributed by atoms with E-state index >= 15 is 0 Å². The number of ether oxygens (including phenoxy) is 2. The van der Waals surface area contributed by atoms with Gasteiger partial charge in [-0.2, -0.15) is 0 Å². The third kappa shape index (κ3) is 7.48. The summed E-state index contributed by atoms with van der Waals surface area (Å²) in [4.78, 5) is 12.8. The number of sulfonamides is 1. The molecule has 0 aliphatic carbocycles. The number of rotatable bonds is 13. The number of carbonyl (C=O) groups is 1. The summed E-state index contributed by atoms with van der Waals surface area (Å²) in [5.74, 6) is 0.879. The van der Waals surface area contributed by atoms with E-state index in [-0.39, 0.29) is 24.6 Å². The molecule has 0 aliphatic heterocycles. The summed E-state index contributed by atoms with van der Waals surface area (Å²) in [5.41, 5.74) is 1.66. The van der Waals surface area contributed by atoms with Crippen LogP contribution in [-0.2, 0) is 21.2 Å². The number of benzene rings is 3. The zero-order valence-electron chi connectivity index (χ0n) is 20.1. The second-order valence-corrected chi connectivity index (χ2v) is 9.71. The number of carbonyl (C=O) groups excluding carboxylic acids is 1. The minimum atomic E-state index is -3.98. The molecule has 0 atom stereocenters. The number of nitrogens with zero attached hydrogens (tertiary/aromatic N) is 1. The summed E-state index contributed by atoms with van der Waals surface area (Å²) < 4.78 is 39.0. The average molecular weight is 497 g/mol. The van der Waals surface area contributed by atoms with E-state index in [1.807, 2.05) is 31.2 Å². The lowest BCUT2D eigenvalue weighted by molar-refractivity contribution is -0.119. The van der Waals surface area contributed by atoms with E-state index in [2.05, 4.69) is 12.2 Å². The fourth-order valence-corrected chi connectivity index (χ4v) is 4.92. The van der Waals surface area contributed by atoms with Gasteiger partial charge in [0.25, 0.3) is 10.0 Å². The molecule has 186 valence electrons. The number of hydrogen-bond donors (Lipinski definition) is 1. The number of para-hydroxylation sites is 1. The van der Waals surface area contributed by atoms with Crippen molar-refractivity contribution in [3.63, 3.8) is 0 Å². The Morgan fingerprint density at radius 1 is 0.857 bits per heavy atom. The molecule has 0 heterocycles. The lowest BCUT2D eigenvalue weighted by Gasteiger charge is -2.24. The van der Waals surface area contributed by atoms with Gasteiger partial charge in [-0.1, -0.05) is 43.7 Å². The zero-order valence-corrected chi connectivity index (χ0v) is 21.0. The van der Waals surface area contributed by atoms with E-state index in [0.717, 1.165) is 22.9 Å². The van der Waals surface area contributed by atoms with E-state index < -0.39 is 15.9 Å². The molecule has 1 N–H and O–H groups in total. The van der Waals surface area contributed by atoms with Crippen molar-refractivity contribution in [3.8, 4) is 11.5 Å². The molecular formula is C27H32N2O5S. The summed E-state index contributed by atoms with van der Waals surface area (Å²) >= 11 is 0. The van der Waals surface area contributed by atoms with Gasteiger partial charge < -0.3 is 14.8 Å². The molecule has 0 radical (unpaired) electrons. The maximum absolute atomic E-state index is 13.4. The molecule has 3 aromatic carbocycles. The first-order chi connectivity index (χ1) is 16.9. The van der Waals surface area contributed by atoms with Crippen molar-refractivity contribution >= 4 is 21.6 Å². The predicted octanol–water partition coefficient (Wildman–Crippen LogP) is 4.43. The second-order valence-electron chi connectivity index (χ2n) is 7.84. The Morgan fingerprint density at radius 3 is 2.11 bits per heavy atom. The van der Waals surface area contributed by atoms with Gasteiger partial charge in [0, 0.05) is 0 Å². The highest BCUT2D eigenvalue weighted by atomic mass is 32.2. The van der Waals surface area contributed by atoms with Crippen molar-refractivity contribution in [2.24, 2.45) is 0 Å². The fraction of sp³-hybridized carbons (Fsp3) is 0.296. The first-order valence-electron chi connectivity index (χ1n) is 11.7. The Balaban J connectivity index is 1.63. The van der Waals surface area contributed by atoms with Gasteiger partial charge in [-0.15, -0.1) is 0 Å². The van der Waals surface area contributed by atoms with Crippen LogP contribution in [0.4, 0.5) is 5.69 Å². The number of hydrogen-bond acceptors (Lipinski definition) is 5. The van der Waals surface area contributed by atoms with Gasteiger partial charge in [0.1, 0.15) is 24.7 Å². The number of amides is 1. The summed E-state index contributed by atoms with van der Waals surface area (Å²) in [6, 6.07) is 22.6. The van der Waals surface area contributed by atoms with Crippen LogP contribution in [-0.4, -0.2) is 40.6 Å². The van der Waals surface area contributed by atoms with Crippen molar-refractivity contribution < 1.29 is 22.7 Å². The largest absolute Gasteiger partial charge is 0.494 e. The molecule has 8 heteroatoms. The molecule has 35 heavy (non-hydrogen) atoms. The van der Waals surface area contributed by atoms with Crippen molar-refractivity contribution in [1.82, 2.24) is 5.32 Å². The minimum absolute atomic E-state index is 0.0764. The molecule has 0 aromatic heterocycles. The molecule has 0 saturated carbocycles. The van der Waals surface area contributed by atoms with Crippen LogP contribution in [0.2, 0.25) is 0 Å². The van der Waals surface area contributed by atoms with Crippen LogP contribution in [0.5, 0.6) is 11.5 Å². The van der Waals surface area contributed by atoms with E-state index in [1.165, 1.54) is 17.7 Å². The van der Waals surface area contributed by atoms with Crippen LogP contribution in [0, 0.1) is 0 Å². The quantitative estimate of drug-likeness (QED) is 0.354. The molecule has 0 aliphatic rings. The van der Waals surface area contributed by atoms with Gasteiger partial charge >= 0.3 is 0 Å². The van der Waals surface area contributed by atoms with Crippen molar-refractivity contribution in [3.05, 3.63) is 84.4 Å². The van der Waals surface area contributed by atoms with Gasteiger partial charge in [0.15, 0.2) is 0 Å². The molecule has 0 unspecified atom stereocenters. The first kappa shape index (κ1) is 26.1. The van der Waals surface area contributed by atoms with Gasteiger partial charge in [-0.3, -0.25) is 9.10 Å². The molecule has 0 spiro atoms. The van der Waals surface area contributed by atoms with Crippen LogP contribution >= 0.6 is 0 Å². The molecule has 0 bridgehead atoms. The number of anilines is 1. The summed E-state index contributed by atoms with van der Waals surface area (Å²) in [5, 5.41) is 2.74. The highest BCUT2D eigenvalue weighted by Gasteiger charge is 2.27. The van der Waals surface area contributed by atoms with Gasteiger partial charge in [0.2, 0.25) is 5.91 Å². The van der Waals surface area contributed by atoms with Crippen LogP contribution < -0.4 is 19.1 Å². The predicted molar refractivity (Wildman–Crippen MR) is 138 cm³/mol. The smallest absolute Gasteiger partial charge is 0.264 e. The normalized spacial score (nSPS) is 11.0. The third-order valence-electron chi connectivity index (χ3n) is 5.21. The molecule has 1 amide bonds. The van der Waals surface area contributed by atoms with Gasteiger partial charge in [0.05, 0.1) is 23.7 Å². The van der Waals surface area contributed by atoms with Crippen molar-refractivity contribution in [2.45, 2.75) is 31.6 Å². The molecule has 7 nitrogen and oxygen atoms in total. The monoisotopic (exact) mass is 496 g/mol. The second kappa shape index (κ2) is 12.8. The fourth-order valence-electron chi connectivity index (χ4n) is 3.50. The topological polar surface area (TPSA) is 84.9 Å². The lowest BCUT2D eigenvalue weighted by atomic mass is 10.1. The van der Waals surface area contributed by atoms with E-state index in [9.17, 15) is 13.2 Å². The summed E-state index contributed by atoms with van der Waals surface area (Å²) in [7, 11) is -3.98. The maximum atomic E-state index is 13.4. The average Bonchev–Trinajstić information content (AvgIpc) is 2.87. The zero-order chi connectivity index (χ0) is 25.1. The van der Waals surface area contributed by atoms with Crippen molar-refractivity contribution in [1.29, 1.82) is 0 Å². The standard InChI is InChI=1S/C27H32N2O5S/c1-3-8-22-11-13-25(14-12-22)34-20-19-28-27(30)21-29(23-9-6-5-7-10-23)35(31,32)26-17-15-24(16-18-26)33-4-2/h5-7,9-18H,3-4,8,19-21H2,1-2H3,(H,28,30). The minimum Gasteiger partial charge on any atom is -0.494 e. The SMILES string of the molecule is CCCc1ccc(OCCNC(=O)CN(c2ccccc2)S(=O)(=O)c2ccc(OCC)cc2)cc1. The lowest BCUT2D eigenvalue weighted by Crippen LogP contribution is -2.41. The maximum Gasteiger partial charge on any atom is 0.264 e. The highest BCUT2D eigenvalue weighted by Crippen LogP contribution is 2.25. The Hall–Kier alpha value is -3.52. The van der Waals surface area contributed by atoms with E-state index in [4.69, 9.17) is 9.47 Å². The summed E-state index contributed by atoms with van der Waals surface area (Å²) in [6.45, 7) is 4.64. The van der Waals surface area contributed by atoms with Crippen LogP contribution in [0.15, 0.2) is 83.8 Å². The highest BCUT2D eigenvalue weighted by molar-refractivity contribution is 7.92. The third-order valence-corrected chi connectivity index (χ3v) is 7.00. The molecule has 3 aromatic rings. The number of aryl methyl sites for hydroxylation is 1. The van der Waals surface area contributed by atoms with E-state index in [0.29, 0.717) is 18.0 Å². The van der Waals surface area contributed by atoms with Crippen molar-refractivity contribution in [2.75, 3.05) is 30.6 Å². The Labute approximate surface area is 207 Å². The molecule has 3 rings (SSSR count). The molecule has 0 fully saturated rings. The van der Waals surface area contributed by atoms with Crippen LogP contribution in [0.25, 0.3) is 0 Å². The number of nitrogens with one attached hydrogen (secondary N) is 1. The van der Waals surface area contributed by atoms with Crippen LogP contribution in [0.3, 0.4) is 0 Å². The van der Waals surface area contributed by atoms with Gasteiger partial charge in [-0.05, 0) is 67.4 Å². The molecular weight excluding hydrogens is 464 g/mol.